The second kappa shape index (κ2) is 5.30. The summed E-state index contributed by atoms with van der Waals surface area (Å²) in [5.74, 6) is 0. The van der Waals surface area contributed by atoms with Gasteiger partial charge in [-0.2, -0.15) is 0 Å². The van der Waals surface area contributed by atoms with E-state index in [4.69, 9.17) is 0 Å². The zero-order chi connectivity index (χ0) is 9.90. The molecule has 0 aliphatic heterocycles. The fourth-order valence-electron chi connectivity index (χ4n) is 1.60. The van der Waals surface area contributed by atoms with E-state index in [9.17, 15) is 0 Å². The molecular formula is C10H16Br2Ti. The molecule has 0 saturated carbocycles. The van der Waals surface area contributed by atoms with E-state index in [1.165, 1.54) is 29.6 Å². The van der Waals surface area contributed by atoms with Crippen LogP contribution in [-0.2, 0) is 12.4 Å². The van der Waals surface area contributed by atoms with Crippen LogP contribution in [0.5, 0.6) is 0 Å². The Morgan fingerprint density at radius 1 is 1.46 bits per heavy atom. The second-order valence-electron chi connectivity index (χ2n) is 3.58. The third-order valence-electron chi connectivity index (χ3n) is 2.45. The normalized spacial score (nSPS) is 17.2. The van der Waals surface area contributed by atoms with Crippen molar-refractivity contribution in [2.45, 2.75) is 37.8 Å². The molecule has 1 aliphatic carbocycles. The Labute approximate surface area is 97.3 Å². The van der Waals surface area contributed by atoms with Gasteiger partial charge < -0.3 is 0 Å². The number of allylic oxidation sites excluding steroid dienone is 4. The molecular weight excluding hydrogens is 328 g/mol. The molecule has 13 heavy (non-hydrogen) atoms. The van der Waals surface area contributed by atoms with Crippen LogP contribution in [0.2, 0.25) is 4.73 Å². The van der Waals surface area contributed by atoms with E-state index in [-0.39, 0.29) is 0 Å². The van der Waals surface area contributed by atoms with E-state index >= 15 is 0 Å². The SMILES string of the molecule is CCC[CH2][Ti]([Br])([Br])[C]1=C(C)C=CC1. The van der Waals surface area contributed by atoms with Crippen LogP contribution in [-0.4, -0.2) is 0 Å². The molecule has 0 fully saturated rings. The number of hydrogen-bond donors (Lipinski definition) is 0. The summed E-state index contributed by atoms with van der Waals surface area (Å²) in [7, 11) is 0. The van der Waals surface area contributed by atoms with Crippen molar-refractivity contribution in [2.24, 2.45) is 0 Å². The first-order chi connectivity index (χ1) is 6.08. The van der Waals surface area contributed by atoms with Crippen molar-refractivity contribution in [3.63, 3.8) is 0 Å². The first-order valence-corrected chi connectivity index (χ1v) is 14.4. The number of halogens is 2. The molecule has 0 atom stereocenters. The van der Waals surface area contributed by atoms with Crippen molar-refractivity contribution in [3.8, 4) is 0 Å². The number of unbranched alkanes of at least 4 members (excludes halogenated alkanes) is 1. The van der Waals surface area contributed by atoms with Crippen LogP contribution in [0.3, 0.4) is 0 Å². The van der Waals surface area contributed by atoms with Gasteiger partial charge in [0.25, 0.3) is 0 Å². The van der Waals surface area contributed by atoms with Crippen molar-refractivity contribution in [2.75, 3.05) is 0 Å². The van der Waals surface area contributed by atoms with Gasteiger partial charge in [0, 0.05) is 0 Å². The van der Waals surface area contributed by atoms with E-state index in [0.29, 0.717) is 0 Å². The van der Waals surface area contributed by atoms with Crippen LogP contribution in [0.25, 0.3) is 0 Å². The average molecular weight is 344 g/mol. The van der Waals surface area contributed by atoms with Crippen molar-refractivity contribution >= 4 is 26.3 Å². The molecule has 1 aliphatic rings. The van der Waals surface area contributed by atoms with E-state index in [1.807, 2.05) is 0 Å². The summed E-state index contributed by atoms with van der Waals surface area (Å²) in [5.41, 5.74) is 1.49. The summed E-state index contributed by atoms with van der Waals surface area (Å²) in [5, 5.41) is 0. The predicted molar refractivity (Wildman–Crippen MR) is 64.0 cm³/mol. The van der Waals surface area contributed by atoms with Gasteiger partial charge in [-0.3, -0.25) is 0 Å². The van der Waals surface area contributed by atoms with E-state index in [1.54, 1.807) is 3.88 Å². The minimum atomic E-state index is -1.92. The van der Waals surface area contributed by atoms with Gasteiger partial charge in [-0.1, -0.05) is 0 Å². The molecule has 0 N–H and O–H groups in total. The average Bonchev–Trinajstić information content (AvgIpc) is 2.48. The van der Waals surface area contributed by atoms with Crippen molar-refractivity contribution < 1.29 is 12.4 Å². The molecule has 3 heteroatoms. The summed E-state index contributed by atoms with van der Waals surface area (Å²) in [6.07, 6.45) is 8.34. The fourth-order valence-corrected chi connectivity index (χ4v) is 11.2. The van der Waals surface area contributed by atoms with Gasteiger partial charge in [-0.05, 0) is 0 Å². The molecule has 74 valence electrons. The minimum absolute atomic E-state index is 1.17. The first kappa shape index (κ1) is 12.2. The molecule has 0 unspecified atom stereocenters. The van der Waals surface area contributed by atoms with Crippen molar-refractivity contribution in [3.05, 3.63) is 21.6 Å². The van der Waals surface area contributed by atoms with Crippen molar-refractivity contribution in [1.29, 1.82) is 0 Å². The zero-order valence-electron chi connectivity index (χ0n) is 8.24. The van der Waals surface area contributed by atoms with E-state index < -0.39 is 12.4 Å². The zero-order valence-corrected chi connectivity index (χ0v) is 13.0. The topological polar surface area (TPSA) is 0 Å². The Hall–Kier alpha value is 1.15. The van der Waals surface area contributed by atoms with Gasteiger partial charge in [0.2, 0.25) is 0 Å². The standard InChI is InChI=1S/C6H7.C4H9.2BrH.Ti/c1-6-4-2-3-5-6;1-3-4-2;;;/h2,4H,3H2,1H3;1,3-4H2,2H3;2*1H;/q;;;;+2/p-2. The van der Waals surface area contributed by atoms with Crippen LogP contribution < -0.4 is 0 Å². The monoisotopic (exact) mass is 342 g/mol. The van der Waals surface area contributed by atoms with Crippen LogP contribution >= 0.6 is 26.3 Å². The Kier molecular flexibility index (Phi) is 4.98. The van der Waals surface area contributed by atoms with Gasteiger partial charge in [-0.15, -0.1) is 0 Å². The van der Waals surface area contributed by atoms with Gasteiger partial charge in [0.1, 0.15) is 0 Å². The molecule has 1 rings (SSSR count). The Morgan fingerprint density at radius 2 is 2.15 bits per heavy atom. The number of hydrogen-bond acceptors (Lipinski definition) is 0. The summed E-state index contributed by atoms with van der Waals surface area (Å²) in [4.78, 5) is 0. The van der Waals surface area contributed by atoms with E-state index in [0.717, 1.165) is 0 Å². The second-order valence-corrected chi connectivity index (χ2v) is 23.1. The molecule has 0 spiro atoms. The predicted octanol–water partition coefficient (Wildman–Crippen LogP) is 5.21. The summed E-state index contributed by atoms with van der Waals surface area (Å²) >= 11 is 5.99. The van der Waals surface area contributed by atoms with Crippen LogP contribution in [0.4, 0.5) is 0 Å². The van der Waals surface area contributed by atoms with Crippen molar-refractivity contribution in [1.82, 2.24) is 0 Å². The molecule has 0 nitrogen and oxygen atoms in total. The molecule has 0 radical (unpaired) electrons. The van der Waals surface area contributed by atoms with Crippen LogP contribution in [0, 0.1) is 0 Å². The molecule has 0 saturated heterocycles. The van der Waals surface area contributed by atoms with Gasteiger partial charge in [0.05, 0.1) is 0 Å². The van der Waals surface area contributed by atoms with Gasteiger partial charge in [-0.25, -0.2) is 0 Å². The van der Waals surface area contributed by atoms with Gasteiger partial charge in [0.15, 0.2) is 0 Å². The first-order valence-electron chi connectivity index (χ1n) is 4.82. The fraction of sp³-hybridized carbons (Fsp3) is 0.600. The van der Waals surface area contributed by atoms with E-state index in [2.05, 4.69) is 52.3 Å². The Morgan fingerprint density at radius 3 is 2.62 bits per heavy atom. The molecule has 0 heterocycles. The molecule has 0 aromatic carbocycles. The molecule has 0 aromatic rings. The maximum absolute atomic E-state index is 3.96. The summed E-state index contributed by atoms with van der Waals surface area (Å²) < 4.78 is 3.03. The maximum atomic E-state index is 3.96. The number of rotatable bonds is 4. The Bertz CT molecular complexity index is 241. The summed E-state index contributed by atoms with van der Waals surface area (Å²) in [6.45, 7) is 4.49. The van der Waals surface area contributed by atoms with Crippen LogP contribution in [0.15, 0.2) is 21.6 Å². The Balaban J connectivity index is 2.64. The quantitative estimate of drug-likeness (QED) is 0.614. The van der Waals surface area contributed by atoms with Crippen LogP contribution in [0.1, 0.15) is 33.1 Å². The third-order valence-corrected chi connectivity index (χ3v) is 13.5. The molecule has 0 bridgehead atoms. The molecule has 0 aromatic heterocycles. The third kappa shape index (κ3) is 3.33. The molecule has 0 amide bonds. The van der Waals surface area contributed by atoms with Gasteiger partial charge >= 0.3 is 98.2 Å². The summed E-state index contributed by atoms with van der Waals surface area (Å²) in [6, 6.07) is 0.